The van der Waals surface area contributed by atoms with Crippen LogP contribution in [-0.2, 0) is 10.1 Å². The van der Waals surface area contributed by atoms with Crippen molar-refractivity contribution in [3.8, 4) is 5.88 Å². The van der Waals surface area contributed by atoms with Gasteiger partial charge < -0.3 is 4.74 Å². The summed E-state index contributed by atoms with van der Waals surface area (Å²) in [6.45, 7) is -3.03. The number of nitrogens with zero attached hydrogens (tertiary/aromatic N) is 1. The van der Waals surface area contributed by atoms with Crippen LogP contribution >= 0.6 is 0 Å². The molecule has 1 N–H and O–H groups in total. The van der Waals surface area contributed by atoms with Crippen molar-refractivity contribution in [3.05, 3.63) is 18.3 Å². The Hall–Kier alpha value is -1.28. The Kier molecular flexibility index (Phi) is 2.96. The second-order valence-electron chi connectivity index (χ2n) is 2.19. The number of hydrogen-bond acceptors (Lipinski definition) is 4. The Morgan fingerprint density at radius 1 is 1.43 bits per heavy atom. The van der Waals surface area contributed by atoms with Crippen LogP contribution in [0.25, 0.3) is 0 Å². The largest absolute Gasteiger partial charge is 0.417 e. The minimum Gasteiger partial charge on any atom is -0.417 e. The van der Waals surface area contributed by atoms with Crippen LogP contribution in [0, 0.1) is 0 Å². The molecule has 5 nitrogen and oxygen atoms in total. The van der Waals surface area contributed by atoms with Crippen LogP contribution in [0.15, 0.2) is 23.2 Å². The topological polar surface area (TPSA) is 76.5 Å². The molecule has 0 aromatic carbocycles. The van der Waals surface area contributed by atoms with E-state index < -0.39 is 27.5 Å². The molecule has 14 heavy (non-hydrogen) atoms. The van der Waals surface area contributed by atoms with Crippen molar-refractivity contribution in [1.82, 2.24) is 4.98 Å². The fourth-order valence-corrected chi connectivity index (χ4v) is 1.11. The van der Waals surface area contributed by atoms with Gasteiger partial charge in [0.2, 0.25) is 5.88 Å². The monoisotopic (exact) mass is 225 g/mol. The van der Waals surface area contributed by atoms with Crippen molar-refractivity contribution in [3.63, 3.8) is 0 Å². The number of rotatable bonds is 3. The van der Waals surface area contributed by atoms with Crippen molar-refractivity contribution in [1.29, 1.82) is 0 Å². The highest BCUT2D eigenvalue weighted by Gasteiger charge is 2.11. The number of ether oxygens (including phenoxy) is 1. The molecule has 0 fully saturated rings. The van der Waals surface area contributed by atoms with E-state index in [0.29, 0.717) is 6.20 Å². The maximum atomic E-state index is 11.6. The van der Waals surface area contributed by atoms with Crippen molar-refractivity contribution in [2.75, 3.05) is 0 Å². The van der Waals surface area contributed by atoms with Gasteiger partial charge in [0.05, 0.1) is 6.20 Å². The maximum absolute atomic E-state index is 11.6. The summed E-state index contributed by atoms with van der Waals surface area (Å²) < 4.78 is 56.6. The summed E-state index contributed by atoms with van der Waals surface area (Å²) in [6, 6.07) is 1.81. The van der Waals surface area contributed by atoms with Gasteiger partial charge in [0.15, 0.2) is 0 Å². The SMILES string of the molecule is O=S(=O)(O)c1ccc(OC(F)F)nc1. The molecule has 0 spiro atoms. The van der Waals surface area contributed by atoms with Gasteiger partial charge in [-0.2, -0.15) is 17.2 Å². The molecule has 0 atom stereocenters. The third-order valence-electron chi connectivity index (χ3n) is 1.22. The van der Waals surface area contributed by atoms with Gasteiger partial charge >= 0.3 is 6.61 Å². The fourth-order valence-electron chi connectivity index (χ4n) is 0.680. The molecule has 0 saturated heterocycles. The second kappa shape index (κ2) is 3.84. The van der Waals surface area contributed by atoms with E-state index in [9.17, 15) is 17.2 Å². The highest BCUT2D eigenvalue weighted by Crippen LogP contribution is 2.13. The molecule has 0 amide bonds. The van der Waals surface area contributed by atoms with Gasteiger partial charge in [-0.25, -0.2) is 4.98 Å². The van der Waals surface area contributed by atoms with Crippen LogP contribution in [0.3, 0.4) is 0 Å². The van der Waals surface area contributed by atoms with Crippen molar-refractivity contribution < 1.29 is 26.5 Å². The van der Waals surface area contributed by atoms with Crippen molar-refractivity contribution >= 4 is 10.1 Å². The zero-order valence-corrected chi connectivity index (χ0v) is 7.41. The maximum Gasteiger partial charge on any atom is 0.388 e. The molecule has 1 rings (SSSR count). The number of pyridine rings is 1. The third-order valence-corrected chi connectivity index (χ3v) is 2.05. The van der Waals surface area contributed by atoms with Gasteiger partial charge in [-0.05, 0) is 6.07 Å². The molecule has 0 aliphatic rings. The van der Waals surface area contributed by atoms with E-state index in [4.69, 9.17) is 4.55 Å². The summed E-state index contributed by atoms with van der Waals surface area (Å²) in [5.41, 5.74) is 0. The number of hydrogen-bond donors (Lipinski definition) is 1. The minimum atomic E-state index is -4.35. The highest BCUT2D eigenvalue weighted by molar-refractivity contribution is 7.85. The molecule has 0 saturated carbocycles. The minimum absolute atomic E-state index is 0.424. The van der Waals surface area contributed by atoms with Crippen LogP contribution in [0.4, 0.5) is 8.78 Å². The van der Waals surface area contributed by atoms with Crippen LogP contribution in [0.2, 0.25) is 0 Å². The van der Waals surface area contributed by atoms with Crippen LogP contribution in [0.1, 0.15) is 0 Å². The van der Waals surface area contributed by atoms with Gasteiger partial charge in [0.1, 0.15) is 4.90 Å². The Balaban J connectivity index is 2.90. The van der Waals surface area contributed by atoms with E-state index in [1.807, 2.05) is 0 Å². The first-order valence-corrected chi connectivity index (χ1v) is 4.72. The molecule has 0 radical (unpaired) electrons. The van der Waals surface area contributed by atoms with Gasteiger partial charge in [-0.3, -0.25) is 4.55 Å². The number of alkyl halides is 2. The molecule has 1 aromatic rings. The van der Waals surface area contributed by atoms with E-state index in [1.165, 1.54) is 0 Å². The second-order valence-corrected chi connectivity index (χ2v) is 3.61. The molecule has 0 unspecified atom stereocenters. The first kappa shape index (κ1) is 10.8. The van der Waals surface area contributed by atoms with Gasteiger partial charge in [-0.15, -0.1) is 0 Å². The molecule has 0 aliphatic carbocycles. The zero-order chi connectivity index (χ0) is 10.8. The average molecular weight is 225 g/mol. The van der Waals surface area contributed by atoms with Crippen molar-refractivity contribution in [2.24, 2.45) is 0 Å². The van der Waals surface area contributed by atoms with E-state index in [0.717, 1.165) is 12.1 Å². The average Bonchev–Trinajstić information content (AvgIpc) is 2.02. The Bertz CT molecular complexity index is 402. The molecule has 0 bridgehead atoms. The van der Waals surface area contributed by atoms with E-state index in [1.54, 1.807) is 0 Å². The number of halogens is 2. The first-order chi connectivity index (χ1) is 6.39. The lowest BCUT2D eigenvalue weighted by molar-refractivity contribution is -0.0529. The first-order valence-electron chi connectivity index (χ1n) is 3.28. The van der Waals surface area contributed by atoms with Crippen LogP contribution in [0.5, 0.6) is 5.88 Å². The predicted molar refractivity (Wildman–Crippen MR) is 40.7 cm³/mol. The molecule has 1 heterocycles. The summed E-state index contributed by atoms with van der Waals surface area (Å²) in [5.74, 6) is -0.424. The van der Waals surface area contributed by atoms with E-state index in [2.05, 4.69) is 9.72 Å². The normalized spacial score (nSPS) is 11.7. The zero-order valence-electron chi connectivity index (χ0n) is 6.59. The smallest absolute Gasteiger partial charge is 0.388 e. The fraction of sp³-hybridized carbons (Fsp3) is 0.167. The third kappa shape index (κ3) is 2.89. The lowest BCUT2D eigenvalue weighted by Gasteiger charge is -2.02. The molecule has 8 heteroatoms. The Morgan fingerprint density at radius 2 is 2.07 bits per heavy atom. The summed E-state index contributed by atoms with van der Waals surface area (Å²) in [5, 5.41) is 0. The van der Waals surface area contributed by atoms with Crippen molar-refractivity contribution in [2.45, 2.75) is 11.5 Å². The van der Waals surface area contributed by atoms with Crippen LogP contribution in [-0.4, -0.2) is 24.6 Å². The molecule has 1 aromatic heterocycles. The van der Waals surface area contributed by atoms with E-state index >= 15 is 0 Å². The van der Waals surface area contributed by atoms with Crippen LogP contribution < -0.4 is 4.74 Å². The molecule has 78 valence electrons. The Morgan fingerprint density at radius 3 is 2.43 bits per heavy atom. The highest BCUT2D eigenvalue weighted by atomic mass is 32.2. The molecular formula is C6H5F2NO4S. The lowest BCUT2D eigenvalue weighted by Crippen LogP contribution is -2.04. The molecule has 0 aliphatic heterocycles. The molecular weight excluding hydrogens is 220 g/mol. The Labute approximate surface area is 78.1 Å². The predicted octanol–water partition coefficient (Wildman–Crippen LogP) is 0.930. The summed E-state index contributed by atoms with van der Waals surface area (Å²) in [4.78, 5) is 2.76. The lowest BCUT2D eigenvalue weighted by atomic mass is 10.5. The summed E-state index contributed by atoms with van der Waals surface area (Å²) >= 11 is 0. The number of aromatic nitrogens is 1. The quantitative estimate of drug-likeness (QED) is 0.774. The van der Waals surface area contributed by atoms with Gasteiger partial charge in [0, 0.05) is 6.07 Å². The van der Waals surface area contributed by atoms with E-state index in [-0.39, 0.29) is 0 Å². The summed E-state index contributed by atoms with van der Waals surface area (Å²) in [7, 11) is -4.35. The standard InChI is InChI=1S/C6H5F2NO4S/c7-6(8)13-5-2-1-4(3-9-5)14(10,11)12/h1-3,6H,(H,10,11,12). The van der Waals surface area contributed by atoms with Gasteiger partial charge in [0.25, 0.3) is 10.1 Å². The summed E-state index contributed by atoms with van der Waals surface area (Å²) in [6.07, 6.45) is 0.715. The van der Waals surface area contributed by atoms with Gasteiger partial charge in [-0.1, -0.05) is 0 Å².